The van der Waals surface area contributed by atoms with E-state index in [1.165, 1.54) is 0 Å². The van der Waals surface area contributed by atoms with Gasteiger partial charge in [-0.2, -0.15) is 4.89 Å². The number of aliphatic carboxylic acids is 1. The summed E-state index contributed by atoms with van der Waals surface area (Å²) in [4.78, 5) is 29.9. The third-order valence-electron chi connectivity index (χ3n) is 0.928. The highest BCUT2D eigenvalue weighted by atomic mass is 17.2. The SMILES string of the molecule is CC(C)(C)OOC(=O)CCC(=O)O. The molecule has 0 spiro atoms. The number of carbonyl (C=O) groups is 2. The largest absolute Gasteiger partial charge is 0.481 e. The van der Waals surface area contributed by atoms with Crippen molar-refractivity contribution in [1.29, 1.82) is 0 Å². The van der Waals surface area contributed by atoms with E-state index in [9.17, 15) is 9.59 Å². The molecule has 0 amide bonds. The van der Waals surface area contributed by atoms with Gasteiger partial charge in [0.1, 0.15) is 5.60 Å². The van der Waals surface area contributed by atoms with Gasteiger partial charge in [-0.1, -0.05) is 0 Å². The molecule has 0 aromatic heterocycles. The summed E-state index contributed by atoms with van der Waals surface area (Å²) in [6.45, 7) is 5.16. The molecule has 0 aliphatic rings. The Morgan fingerprint density at radius 1 is 1.23 bits per heavy atom. The molecule has 76 valence electrons. The summed E-state index contributed by atoms with van der Waals surface area (Å²) in [6, 6.07) is 0. The molecule has 0 fully saturated rings. The van der Waals surface area contributed by atoms with Gasteiger partial charge in [0, 0.05) is 0 Å². The predicted octanol–water partition coefficient (Wildman–Crippen LogP) is 1.12. The van der Waals surface area contributed by atoms with Crippen molar-refractivity contribution in [3.05, 3.63) is 0 Å². The van der Waals surface area contributed by atoms with Crippen LogP contribution in [-0.2, 0) is 19.4 Å². The van der Waals surface area contributed by atoms with Crippen molar-refractivity contribution in [2.75, 3.05) is 0 Å². The summed E-state index contributed by atoms with van der Waals surface area (Å²) in [5.41, 5.74) is -0.571. The first kappa shape index (κ1) is 11.9. The van der Waals surface area contributed by atoms with Crippen LogP contribution in [0.15, 0.2) is 0 Å². The van der Waals surface area contributed by atoms with Crippen LogP contribution in [0.4, 0.5) is 0 Å². The molecule has 0 aromatic carbocycles. The maximum absolute atomic E-state index is 10.8. The first-order chi connectivity index (χ1) is 5.81. The first-order valence-corrected chi connectivity index (χ1v) is 3.91. The van der Waals surface area contributed by atoms with E-state index >= 15 is 0 Å². The van der Waals surface area contributed by atoms with Gasteiger partial charge in [-0.05, 0) is 20.8 Å². The Hall–Kier alpha value is -1.10. The lowest BCUT2D eigenvalue weighted by Gasteiger charge is -2.16. The van der Waals surface area contributed by atoms with Crippen molar-refractivity contribution in [3.63, 3.8) is 0 Å². The molecule has 0 saturated carbocycles. The van der Waals surface area contributed by atoms with E-state index in [0.29, 0.717) is 0 Å². The molecular weight excluding hydrogens is 176 g/mol. The molecule has 0 unspecified atom stereocenters. The van der Waals surface area contributed by atoms with Crippen LogP contribution < -0.4 is 0 Å². The van der Waals surface area contributed by atoms with E-state index in [0.717, 1.165) is 0 Å². The zero-order valence-electron chi connectivity index (χ0n) is 7.99. The second kappa shape index (κ2) is 4.81. The number of carboxylic acids is 1. The van der Waals surface area contributed by atoms with Gasteiger partial charge in [-0.25, -0.2) is 4.79 Å². The highest BCUT2D eigenvalue weighted by Crippen LogP contribution is 2.08. The fraction of sp³-hybridized carbons (Fsp3) is 0.750. The van der Waals surface area contributed by atoms with Gasteiger partial charge in [0.05, 0.1) is 12.8 Å². The van der Waals surface area contributed by atoms with Gasteiger partial charge in [0.25, 0.3) is 0 Å². The van der Waals surface area contributed by atoms with Crippen LogP contribution in [0.25, 0.3) is 0 Å². The standard InChI is InChI=1S/C8H14O5/c1-8(2,3)13-12-7(11)5-4-6(9)10/h4-5H2,1-3H3,(H,9,10). The Morgan fingerprint density at radius 2 is 1.77 bits per heavy atom. The Bertz CT molecular complexity index is 191. The van der Waals surface area contributed by atoms with E-state index in [1.807, 2.05) is 0 Å². The lowest BCUT2D eigenvalue weighted by Crippen LogP contribution is -2.22. The maximum atomic E-state index is 10.8. The fourth-order valence-electron chi connectivity index (χ4n) is 0.422. The predicted molar refractivity (Wildman–Crippen MR) is 43.8 cm³/mol. The molecule has 1 N–H and O–H groups in total. The van der Waals surface area contributed by atoms with Crippen LogP contribution >= 0.6 is 0 Å². The van der Waals surface area contributed by atoms with Crippen LogP contribution in [0, 0.1) is 0 Å². The average Bonchev–Trinajstić information content (AvgIpc) is 1.95. The molecule has 0 aliphatic heterocycles. The van der Waals surface area contributed by atoms with Crippen LogP contribution in [0.5, 0.6) is 0 Å². The molecule has 0 atom stereocenters. The molecule has 13 heavy (non-hydrogen) atoms. The van der Waals surface area contributed by atoms with E-state index in [1.54, 1.807) is 20.8 Å². The zero-order chi connectivity index (χ0) is 10.5. The average molecular weight is 190 g/mol. The van der Waals surface area contributed by atoms with Crippen molar-refractivity contribution in [2.45, 2.75) is 39.2 Å². The quantitative estimate of drug-likeness (QED) is 0.531. The number of hydrogen-bond donors (Lipinski definition) is 1. The summed E-state index contributed by atoms with van der Waals surface area (Å²) in [7, 11) is 0. The topological polar surface area (TPSA) is 72.8 Å². The van der Waals surface area contributed by atoms with E-state index in [4.69, 9.17) is 5.11 Å². The molecule has 5 nitrogen and oxygen atoms in total. The monoisotopic (exact) mass is 190 g/mol. The third kappa shape index (κ3) is 8.81. The molecule has 0 radical (unpaired) electrons. The minimum atomic E-state index is -1.03. The second-order valence-electron chi connectivity index (χ2n) is 3.54. The molecule has 0 heterocycles. The third-order valence-corrected chi connectivity index (χ3v) is 0.928. The molecule has 0 saturated heterocycles. The summed E-state index contributed by atoms with van der Waals surface area (Å²) in [5.74, 6) is -1.70. The highest BCUT2D eigenvalue weighted by molar-refractivity contribution is 5.76. The molecular formula is C8H14O5. The van der Waals surface area contributed by atoms with Gasteiger partial charge in [0.2, 0.25) is 0 Å². The van der Waals surface area contributed by atoms with E-state index in [2.05, 4.69) is 9.78 Å². The first-order valence-electron chi connectivity index (χ1n) is 3.91. The van der Waals surface area contributed by atoms with Crippen molar-refractivity contribution in [3.8, 4) is 0 Å². The summed E-state index contributed by atoms with van der Waals surface area (Å²) in [5, 5.41) is 8.24. The van der Waals surface area contributed by atoms with E-state index < -0.39 is 17.5 Å². The number of carboxylic acid groups (broad SMARTS) is 1. The molecule has 5 heteroatoms. The van der Waals surface area contributed by atoms with Crippen LogP contribution in [0.2, 0.25) is 0 Å². The normalized spacial score (nSPS) is 11.0. The number of rotatable bonds is 4. The zero-order valence-corrected chi connectivity index (χ0v) is 7.99. The maximum Gasteiger partial charge on any atom is 0.342 e. The Morgan fingerprint density at radius 3 is 2.15 bits per heavy atom. The number of carbonyl (C=O) groups excluding carboxylic acids is 1. The smallest absolute Gasteiger partial charge is 0.342 e. The highest BCUT2D eigenvalue weighted by Gasteiger charge is 2.15. The second-order valence-corrected chi connectivity index (χ2v) is 3.54. The molecule has 0 aliphatic carbocycles. The summed E-state index contributed by atoms with van der Waals surface area (Å²) >= 11 is 0. The lowest BCUT2D eigenvalue weighted by molar-refractivity contribution is -0.320. The number of hydrogen-bond acceptors (Lipinski definition) is 4. The van der Waals surface area contributed by atoms with Gasteiger partial charge in [0.15, 0.2) is 0 Å². The fourth-order valence-corrected chi connectivity index (χ4v) is 0.422. The minimum Gasteiger partial charge on any atom is -0.481 e. The van der Waals surface area contributed by atoms with Gasteiger partial charge in [-0.3, -0.25) is 9.68 Å². The minimum absolute atomic E-state index is 0.175. The van der Waals surface area contributed by atoms with Crippen LogP contribution in [-0.4, -0.2) is 22.6 Å². The summed E-state index contributed by atoms with van der Waals surface area (Å²) in [6.07, 6.45) is -0.419. The van der Waals surface area contributed by atoms with Crippen LogP contribution in [0.1, 0.15) is 33.6 Å². The van der Waals surface area contributed by atoms with Gasteiger partial charge in [-0.15, -0.1) is 0 Å². The summed E-state index contributed by atoms with van der Waals surface area (Å²) < 4.78 is 0. The Kier molecular flexibility index (Phi) is 4.40. The van der Waals surface area contributed by atoms with Crippen molar-refractivity contribution >= 4 is 11.9 Å². The molecule has 0 rings (SSSR count). The van der Waals surface area contributed by atoms with Crippen LogP contribution in [0.3, 0.4) is 0 Å². The van der Waals surface area contributed by atoms with Gasteiger partial charge >= 0.3 is 11.9 Å². The Balaban J connectivity index is 3.58. The molecule has 0 aromatic rings. The lowest BCUT2D eigenvalue weighted by atomic mass is 10.2. The Labute approximate surface area is 76.6 Å². The van der Waals surface area contributed by atoms with Crippen molar-refractivity contribution in [1.82, 2.24) is 0 Å². The van der Waals surface area contributed by atoms with Gasteiger partial charge < -0.3 is 5.11 Å². The molecule has 0 bridgehead atoms. The van der Waals surface area contributed by atoms with Crippen molar-refractivity contribution in [2.24, 2.45) is 0 Å². The van der Waals surface area contributed by atoms with Crippen molar-refractivity contribution < 1.29 is 24.5 Å². The van der Waals surface area contributed by atoms with E-state index in [-0.39, 0.29) is 12.8 Å².